The van der Waals surface area contributed by atoms with Gasteiger partial charge < -0.3 is 14.2 Å². The van der Waals surface area contributed by atoms with Crippen LogP contribution in [0.25, 0.3) is 6.08 Å². The molecule has 0 fully saturated rings. The lowest BCUT2D eigenvalue weighted by molar-refractivity contribution is -0.129. The Morgan fingerprint density at radius 1 is 0.875 bits per heavy atom. The zero-order valence-corrected chi connectivity index (χ0v) is 18.2. The standard InChI is InChI=1S/C27H25NO4/c1-19-8-6-11-23(17-19)30-14-7-15-31-25-13-12-20(2)16-22(25)18-24-27(29)32-26(28-24)21-9-4-3-5-10-21/h3-6,8-13,16-18H,7,14-15H2,1-2H3. The van der Waals surface area contributed by atoms with Gasteiger partial charge in [-0.25, -0.2) is 9.79 Å². The van der Waals surface area contributed by atoms with E-state index in [4.69, 9.17) is 14.2 Å². The Balaban J connectivity index is 1.42. The molecule has 0 aromatic heterocycles. The predicted molar refractivity (Wildman–Crippen MR) is 125 cm³/mol. The summed E-state index contributed by atoms with van der Waals surface area (Å²) in [4.78, 5) is 16.7. The fraction of sp³-hybridized carbons (Fsp3) is 0.185. The molecule has 3 aromatic rings. The first-order chi connectivity index (χ1) is 15.6. The largest absolute Gasteiger partial charge is 0.493 e. The highest BCUT2D eigenvalue weighted by molar-refractivity contribution is 6.12. The van der Waals surface area contributed by atoms with E-state index in [0.29, 0.717) is 24.9 Å². The fourth-order valence-corrected chi connectivity index (χ4v) is 3.31. The quantitative estimate of drug-likeness (QED) is 0.271. The number of hydrogen-bond donors (Lipinski definition) is 0. The van der Waals surface area contributed by atoms with Crippen molar-refractivity contribution in [1.29, 1.82) is 0 Å². The van der Waals surface area contributed by atoms with E-state index < -0.39 is 5.97 Å². The molecule has 0 saturated carbocycles. The van der Waals surface area contributed by atoms with Crippen LogP contribution >= 0.6 is 0 Å². The van der Waals surface area contributed by atoms with Crippen molar-refractivity contribution in [3.8, 4) is 11.5 Å². The van der Waals surface area contributed by atoms with Crippen LogP contribution in [0.15, 0.2) is 83.5 Å². The van der Waals surface area contributed by atoms with Gasteiger partial charge in [0.25, 0.3) is 0 Å². The van der Waals surface area contributed by atoms with Crippen LogP contribution < -0.4 is 9.47 Å². The van der Waals surface area contributed by atoms with Gasteiger partial charge in [-0.1, -0.05) is 42.0 Å². The number of esters is 1. The molecule has 1 heterocycles. The van der Waals surface area contributed by atoms with Crippen LogP contribution in [0.5, 0.6) is 11.5 Å². The van der Waals surface area contributed by atoms with E-state index in [2.05, 4.69) is 4.99 Å². The van der Waals surface area contributed by atoms with Gasteiger partial charge in [-0.2, -0.15) is 0 Å². The molecule has 162 valence electrons. The molecule has 4 rings (SSSR count). The summed E-state index contributed by atoms with van der Waals surface area (Å²) in [6.45, 7) is 5.08. The Hall–Kier alpha value is -3.86. The maximum absolute atomic E-state index is 12.4. The first-order valence-corrected chi connectivity index (χ1v) is 10.6. The molecule has 1 aliphatic heterocycles. The lowest BCUT2D eigenvalue weighted by Gasteiger charge is -2.11. The number of carbonyl (C=O) groups is 1. The van der Waals surface area contributed by atoms with Crippen molar-refractivity contribution in [1.82, 2.24) is 0 Å². The Bertz CT molecular complexity index is 1170. The van der Waals surface area contributed by atoms with Crippen LogP contribution in [0.2, 0.25) is 0 Å². The first kappa shape index (κ1) is 21.4. The van der Waals surface area contributed by atoms with Crippen LogP contribution in [0.1, 0.15) is 28.7 Å². The van der Waals surface area contributed by atoms with E-state index in [1.807, 2.05) is 86.6 Å². The molecule has 0 atom stereocenters. The molecule has 0 unspecified atom stereocenters. The van der Waals surface area contributed by atoms with Crippen LogP contribution in [-0.2, 0) is 9.53 Å². The van der Waals surface area contributed by atoms with Gasteiger partial charge in [0.2, 0.25) is 5.90 Å². The van der Waals surface area contributed by atoms with Crippen molar-refractivity contribution in [2.24, 2.45) is 4.99 Å². The normalized spacial score (nSPS) is 14.2. The van der Waals surface area contributed by atoms with Gasteiger partial charge in [0.05, 0.1) is 13.2 Å². The Morgan fingerprint density at radius 2 is 1.66 bits per heavy atom. The summed E-state index contributed by atoms with van der Waals surface area (Å²) in [5, 5.41) is 0. The first-order valence-electron chi connectivity index (χ1n) is 10.6. The summed E-state index contributed by atoms with van der Waals surface area (Å²) in [5.41, 5.74) is 4.03. The van der Waals surface area contributed by atoms with Crippen LogP contribution in [0.3, 0.4) is 0 Å². The van der Waals surface area contributed by atoms with E-state index >= 15 is 0 Å². The molecule has 0 saturated heterocycles. The molecule has 1 aliphatic rings. The highest BCUT2D eigenvalue weighted by Gasteiger charge is 2.24. The van der Waals surface area contributed by atoms with Gasteiger partial charge in [-0.3, -0.25) is 0 Å². The average Bonchev–Trinajstić information content (AvgIpc) is 3.16. The van der Waals surface area contributed by atoms with Gasteiger partial charge in [0, 0.05) is 17.5 Å². The van der Waals surface area contributed by atoms with E-state index in [-0.39, 0.29) is 5.70 Å². The Labute approximate surface area is 188 Å². The van der Waals surface area contributed by atoms with Crippen LogP contribution in [0.4, 0.5) is 0 Å². The molecule has 5 heteroatoms. The molecule has 0 radical (unpaired) electrons. The minimum Gasteiger partial charge on any atom is -0.493 e. The third-order valence-corrected chi connectivity index (χ3v) is 4.90. The van der Waals surface area contributed by atoms with Crippen molar-refractivity contribution < 1.29 is 19.0 Å². The van der Waals surface area contributed by atoms with Gasteiger partial charge in [-0.05, 0) is 61.9 Å². The SMILES string of the molecule is Cc1cccc(OCCCOc2ccc(C)cc2C=C2N=C(c3ccccc3)OC2=O)c1. The lowest BCUT2D eigenvalue weighted by Crippen LogP contribution is -2.06. The number of carbonyl (C=O) groups excluding carboxylic acids is 1. The summed E-state index contributed by atoms with van der Waals surface area (Å²) < 4.78 is 17.1. The Morgan fingerprint density at radius 3 is 2.47 bits per heavy atom. The monoisotopic (exact) mass is 427 g/mol. The summed E-state index contributed by atoms with van der Waals surface area (Å²) in [6, 6.07) is 23.2. The molecule has 3 aromatic carbocycles. The Kier molecular flexibility index (Phi) is 6.66. The average molecular weight is 428 g/mol. The molecule has 0 bridgehead atoms. The molecular formula is C27H25NO4. The molecule has 0 aliphatic carbocycles. The van der Waals surface area contributed by atoms with Gasteiger partial charge in [0.1, 0.15) is 11.5 Å². The maximum Gasteiger partial charge on any atom is 0.363 e. The van der Waals surface area contributed by atoms with Crippen molar-refractivity contribution in [3.05, 3.63) is 101 Å². The fourth-order valence-electron chi connectivity index (χ4n) is 3.31. The number of aliphatic imine (C=N–C) groups is 1. The van der Waals surface area contributed by atoms with Crippen molar-refractivity contribution in [3.63, 3.8) is 0 Å². The molecule has 0 amide bonds. The summed E-state index contributed by atoms with van der Waals surface area (Å²) >= 11 is 0. The van der Waals surface area contributed by atoms with Gasteiger partial charge >= 0.3 is 5.97 Å². The van der Waals surface area contributed by atoms with Gasteiger partial charge in [-0.15, -0.1) is 0 Å². The zero-order valence-electron chi connectivity index (χ0n) is 18.2. The van der Waals surface area contributed by atoms with Crippen LogP contribution in [0, 0.1) is 13.8 Å². The number of rotatable bonds is 8. The second-order valence-corrected chi connectivity index (χ2v) is 7.61. The predicted octanol–water partition coefficient (Wildman–Crippen LogP) is 5.50. The second kappa shape index (κ2) is 9.96. The summed E-state index contributed by atoms with van der Waals surface area (Å²) in [5.74, 6) is 1.39. The topological polar surface area (TPSA) is 57.1 Å². The van der Waals surface area contributed by atoms with E-state index in [1.54, 1.807) is 6.08 Å². The smallest absolute Gasteiger partial charge is 0.363 e. The molecular weight excluding hydrogens is 402 g/mol. The zero-order chi connectivity index (χ0) is 22.3. The summed E-state index contributed by atoms with van der Waals surface area (Å²) in [6.07, 6.45) is 2.44. The van der Waals surface area contributed by atoms with Crippen molar-refractivity contribution in [2.75, 3.05) is 13.2 Å². The number of ether oxygens (including phenoxy) is 3. The number of hydrogen-bond acceptors (Lipinski definition) is 5. The molecule has 0 spiro atoms. The van der Waals surface area contributed by atoms with E-state index in [9.17, 15) is 4.79 Å². The highest BCUT2D eigenvalue weighted by Crippen LogP contribution is 2.26. The number of nitrogens with zero attached hydrogens (tertiary/aromatic N) is 1. The van der Waals surface area contributed by atoms with Crippen LogP contribution in [-0.4, -0.2) is 25.1 Å². The second-order valence-electron chi connectivity index (χ2n) is 7.61. The maximum atomic E-state index is 12.4. The third-order valence-electron chi connectivity index (χ3n) is 4.90. The number of benzene rings is 3. The van der Waals surface area contributed by atoms with Crippen molar-refractivity contribution >= 4 is 17.9 Å². The molecule has 5 nitrogen and oxygen atoms in total. The minimum atomic E-state index is -0.470. The van der Waals surface area contributed by atoms with E-state index in [1.165, 1.54) is 5.56 Å². The highest BCUT2D eigenvalue weighted by atomic mass is 16.6. The molecule has 32 heavy (non-hydrogen) atoms. The summed E-state index contributed by atoms with van der Waals surface area (Å²) in [7, 11) is 0. The lowest BCUT2D eigenvalue weighted by atomic mass is 10.1. The number of aryl methyl sites for hydroxylation is 2. The minimum absolute atomic E-state index is 0.252. The molecule has 0 N–H and O–H groups in total. The van der Waals surface area contributed by atoms with Gasteiger partial charge in [0.15, 0.2) is 5.70 Å². The van der Waals surface area contributed by atoms with Crippen molar-refractivity contribution in [2.45, 2.75) is 20.3 Å². The third kappa shape index (κ3) is 5.43. The van der Waals surface area contributed by atoms with E-state index in [0.717, 1.165) is 28.9 Å². The number of cyclic esters (lactones) is 1.